The lowest BCUT2D eigenvalue weighted by molar-refractivity contribution is -0.127. The molecule has 1 amide bonds. The summed E-state index contributed by atoms with van der Waals surface area (Å²) >= 11 is 0. The summed E-state index contributed by atoms with van der Waals surface area (Å²) in [6.45, 7) is 8.45. The molecule has 1 heterocycles. The summed E-state index contributed by atoms with van der Waals surface area (Å²) in [5.41, 5.74) is 0. The Kier molecular flexibility index (Phi) is 7.39. The minimum absolute atomic E-state index is 0.0382. The molecule has 0 spiro atoms. The minimum Gasteiger partial charge on any atom is -0.352 e. The standard InChI is InChI=1S/C15H31N3O/c1-5-13(6-2)17-15(19)12(3)18(4)14-8-7-10-16-11-9-14/h12-14,16H,5-11H2,1-4H3,(H,17,19). The van der Waals surface area contributed by atoms with Gasteiger partial charge in [0.15, 0.2) is 0 Å². The van der Waals surface area contributed by atoms with Gasteiger partial charge in [-0.2, -0.15) is 0 Å². The lowest BCUT2D eigenvalue weighted by Crippen LogP contribution is -2.50. The van der Waals surface area contributed by atoms with Crippen molar-refractivity contribution in [2.24, 2.45) is 0 Å². The lowest BCUT2D eigenvalue weighted by atomic mass is 10.1. The normalized spacial score (nSPS) is 22.3. The molecule has 4 heteroatoms. The van der Waals surface area contributed by atoms with E-state index in [9.17, 15) is 4.79 Å². The topological polar surface area (TPSA) is 44.4 Å². The van der Waals surface area contributed by atoms with Crippen LogP contribution in [0.4, 0.5) is 0 Å². The molecular formula is C15H31N3O. The molecule has 2 atom stereocenters. The molecule has 2 N–H and O–H groups in total. The Bertz CT molecular complexity index is 258. The molecule has 0 radical (unpaired) electrons. The molecule has 2 unspecified atom stereocenters. The molecule has 19 heavy (non-hydrogen) atoms. The fraction of sp³-hybridized carbons (Fsp3) is 0.933. The molecule has 0 bridgehead atoms. The van der Waals surface area contributed by atoms with Crippen LogP contribution in [0.5, 0.6) is 0 Å². The first-order valence-corrected chi connectivity index (χ1v) is 7.83. The van der Waals surface area contributed by atoms with Gasteiger partial charge >= 0.3 is 0 Å². The summed E-state index contributed by atoms with van der Waals surface area (Å²) in [5, 5.41) is 6.58. The highest BCUT2D eigenvalue weighted by atomic mass is 16.2. The van der Waals surface area contributed by atoms with Gasteiger partial charge in [0.25, 0.3) is 0 Å². The predicted molar refractivity (Wildman–Crippen MR) is 80.2 cm³/mol. The van der Waals surface area contributed by atoms with Crippen LogP contribution in [-0.4, -0.2) is 49.1 Å². The van der Waals surface area contributed by atoms with Crippen molar-refractivity contribution in [3.8, 4) is 0 Å². The van der Waals surface area contributed by atoms with Crippen LogP contribution in [0.1, 0.15) is 52.9 Å². The highest BCUT2D eigenvalue weighted by Crippen LogP contribution is 2.14. The largest absolute Gasteiger partial charge is 0.352 e. The van der Waals surface area contributed by atoms with Crippen LogP contribution in [-0.2, 0) is 4.79 Å². The van der Waals surface area contributed by atoms with Gasteiger partial charge in [0, 0.05) is 12.1 Å². The van der Waals surface area contributed by atoms with E-state index in [-0.39, 0.29) is 11.9 Å². The number of likely N-dealkylation sites (N-methyl/N-ethyl adjacent to an activating group) is 1. The summed E-state index contributed by atoms with van der Waals surface area (Å²) < 4.78 is 0. The predicted octanol–water partition coefficient (Wildman–Crippen LogP) is 1.75. The number of carbonyl (C=O) groups excluding carboxylic acids is 1. The Morgan fingerprint density at radius 3 is 2.63 bits per heavy atom. The van der Waals surface area contributed by atoms with E-state index in [0.29, 0.717) is 12.1 Å². The van der Waals surface area contributed by atoms with Crippen LogP contribution < -0.4 is 10.6 Å². The quantitative estimate of drug-likeness (QED) is 0.772. The van der Waals surface area contributed by atoms with E-state index >= 15 is 0 Å². The van der Waals surface area contributed by atoms with Gasteiger partial charge in [-0.3, -0.25) is 9.69 Å². The lowest BCUT2D eigenvalue weighted by Gasteiger charge is -2.32. The molecule has 1 rings (SSSR count). The van der Waals surface area contributed by atoms with Crippen molar-refractivity contribution in [1.29, 1.82) is 0 Å². The van der Waals surface area contributed by atoms with Crippen LogP contribution >= 0.6 is 0 Å². The van der Waals surface area contributed by atoms with Crippen molar-refractivity contribution in [1.82, 2.24) is 15.5 Å². The van der Waals surface area contributed by atoms with E-state index in [0.717, 1.165) is 32.4 Å². The van der Waals surface area contributed by atoms with Gasteiger partial charge in [-0.25, -0.2) is 0 Å². The number of nitrogens with one attached hydrogen (secondary N) is 2. The molecule has 0 saturated carbocycles. The molecule has 1 saturated heterocycles. The van der Waals surface area contributed by atoms with Gasteiger partial charge in [-0.1, -0.05) is 13.8 Å². The van der Waals surface area contributed by atoms with E-state index in [4.69, 9.17) is 0 Å². The summed E-state index contributed by atoms with van der Waals surface area (Å²) in [6, 6.07) is 0.806. The molecule has 0 aromatic heterocycles. The number of hydrogen-bond acceptors (Lipinski definition) is 3. The second kappa shape index (κ2) is 8.54. The number of nitrogens with zero attached hydrogens (tertiary/aromatic N) is 1. The van der Waals surface area contributed by atoms with Crippen molar-refractivity contribution in [2.45, 2.75) is 71.0 Å². The highest BCUT2D eigenvalue weighted by molar-refractivity contribution is 5.81. The third kappa shape index (κ3) is 5.11. The second-order valence-electron chi connectivity index (χ2n) is 5.70. The third-order valence-electron chi connectivity index (χ3n) is 4.44. The van der Waals surface area contributed by atoms with Crippen LogP contribution in [0.15, 0.2) is 0 Å². The maximum Gasteiger partial charge on any atom is 0.237 e. The summed E-state index contributed by atoms with van der Waals surface area (Å²) in [7, 11) is 2.09. The van der Waals surface area contributed by atoms with Gasteiger partial charge in [-0.05, 0) is 59.2 Å². The number of amides is 1. The zero-order chi connectivity index (χ0) is 14.3. The maximum absolute atomic E-state index is 12.3. The summed E-state index contributed by atoms with van der Waals surface area (Å²) in [6.07, 6.45) is 5.54. The zero-order valence-electron chi connectivity index (χ0n) is 13.0. The van der Waals surface area contributed by atoms with Crippen molar-refractivity contribution < 1.29 is 4.79 Å². The summed E-state index contributed by atoms with van der Waals surface area (Å²) in [5.74, 6) is 0.174. The van der Waals surface area contributed by atoms with Gasteiger partial charge in [0.05, 0.1) is 6.04 Å². The Labute approximate surface area is 118 Å². The Hall–Kier alpha value is -0.610. The molecule has 4 nitrogen and oxygen atoms in total. The molecule has 1 aliphatic heterocycles. The molecule has 0 aliphatic carbocycles. The average Bonchev–Trinajstić information content (AvgIpc) is 2.71. The Morgan fingerprint density at radius 2 is 2.00 bits per heavy atom. The van der Waals surface area contributed by atoms with Crippen molar-refractivity contribution in [2.75, 3.05) is 20.1 Å². The first-order chi connectivity index (χ1) is 9.10. The number of hydrogen-bond donors (Lipinski definition) is 2. The Balaban J connectivity index is 2.49. The molecule has 1 fully saturated rings. The van der Waals surface area contributed by atoms with Crippen LogP contribution in [0, 0.1) is 0 Å². The van der Waals surface area contributed by atoms with E-state index in [2.05, 4.69) is 36.4 Å². The smallest absolute Gasteiger partial charge is 0.237 e. The third-order valence-corrected chi connectivity index (χ3v) is 4.44. The van der Waals surface area contributed by atoms with Gasteiger partial charge in [0.2, 0.25) is 5.91 Å². The van der Waals surface area contributed by atoms with Crippen molar-refractivity contribution in [3.63, 3.8) is 0 Å². The van der Waals surface area contributed by atoms with Crippen molar-refractivity contribution in [3.05, 3.63) is 0 Å². The molecular weight excluding hydrogens is 238 g/mol. The molecule has 112 valence electrons. The van der Waals surface area contributed by atoms with Gasteiger partial charge in [0.1, 0.15) is 0 Å². The monoisotopic (exact) mass is 269 g/mol. The molecule has 0 aromatic carbocycles. The van der Waals surface area contributed by atoms with Crippen molar-refractivity contribution >= 4 is 5.91 Å². The van der Waals surface area contributed by atoms with E-state index < -0.39 is 0 Å². The van der Waals surface area contributed by atoms with Gasteiger partial charge < -0.3 is 10.6 Å². The highest BCUT2D eigenvalue weighted by Gasteiger charge is 2.26. The van der Waals surface area contributed by atoms with Gasteiger partial charge in [-0.15, -0.1) is 0 Å². The molecule has 0 aromatic rings. The van der Waals surface area contributed by atoms with E-state index in [1.807, 2.05) is 6.92 Å². The van der Waals surface area contributed by atoms with E-state index in [1.54, 1.807) is 0 Å². The van der Waals surface area contributed by atoms with E-state index in [1.165, 1.54) is 12.8 Å². The average molecular weight is 269 g/mol. The molecule has 1 aliphatic rings. The fourth-order valence-electron chi connectivity index (χ4n) is 2.72. The zero-order valence-corrected chi connectivity index (χ0v) is 13.0. The van der Waals surface area contributed by atoms with Crippen LogP contribution in [0.25, 0.3) is 0 Å². The number of rotatable bonds is 6. The minimum atomic E-state index is -0.0382. The number of carbonyl (C=O) groups is 1. The van der Waals surface area contributed by atoms with Crippen LogP contribution in [0.3, 0.4) is 0 Å². The fourth-order valence-corrected chi connectivity index (χ4v) is 2.72. The SMILES string of the molecule is CCC(CC)NC(=O)C(C)N(C)C1CCCNCC1. The van der Waals surface area contributed by atoms with Crippen LogP contribution in [0.2, 0.25) is 0 Å². The maximum atomic E-state index is 12.3. The Morgan fingerprint density at radius 1 is 1.32 bits per heavy atom. The first kappa shape index (κ1) is 16.4. The summed E-state index contributed by atoms with van der Waals surface area (Å²) in [4.78, 5) is 14.5. The second-order valence-corrected chi connectivity index (χ2v) is 5.70. The first-order valence-electron chi connectivity index (χ1n) is 7.83.